The van der Waals surface area contributed by atoms with Crippen LogP contribution in [0.2, 0.25) is 0 Å². The van der Waals surface area contributed by atoms with Crippen molar-refractivity contribution in [1.82, 2.24) is 9.97 Å². The molecule has 5 nitrogen and oxygen atoms in total. The van der Waals surface area contributed by atoms with Crippen LogP contribution in [0.5, 0.6) is 5.75 Å². The normalized spacial score (nSPS) is 22.5. The third-order valence-electron chi connectivity index (χ3n) is 6.63. The highest BCUT2D eigenvalue weighted by atomic mass is 32.2. The summed E-state index contributed by atoms with van der Waals surface area (Å²) >= 11 is -1.33. The Morgan fingerprint density at radius 2 is 1.72 bits per heavy atom. The average Bonchev–Trinajstić information content (AvgIpc) is 3.26. The van der Waals surface area contributed by atoms with E-state index in [0.29, 0.717) is 24.4 Å². The number of hydrogen-bond acceptors (Lipinski definition) is 5. The molecule has 1 saturated carbocycles. The molecule has 1 aliphatic heterocycles. The van der Waals surface area contributed by atoms with Crippen molar-refractivity contribution in [1.29, 1.82) is 0 Å². The SMILES string of the molecule is CCc1cnc(N2CC3[C@@H](COc4ccc(-c5ccc([S+](C)[O-])c(F)c5)cc4)[C@@H]3C2)nc1. The number of aromatic nitrogens is 2. The Morgan fingerprint density at radius 3 is 2.31 bits per heavy atom. The number of halogens is 1. The number of nitrogens with zero attached hydrogens (tertiary/aromatic N) is 3. The van der Waals surface area contributed by atoms with E-state index in [1.807, 2.05) is 36.7 Å². The second kappa shape index (κ2) is 8.71. The van der Waals surface area contributed by atoms with E-state index in [4.69, 9.17) is 4.74 Å². The van der Waals surface area contributed by atoms with Crippen molar-refractivity contribution in [2.75, 3.05) is 30.9 Å². The molecule has 0 bridgehead atoms. The first kappa shape index (κ1) is 21.2. The molecule has 0 amide bonds. The number of ether oxygens (including phenoxy) is 1. The van der Waals surface area contributed by atoms with Gasteiger partial charge in [-0.2, -0.15) is 0 Å². The number of piperidine rings is 1. The molecule has 5 rings (SSSR count). The van der Waals surface area contributed by atoms with E-state index in [1.54, 1.807) is 12.1 Å². The van der Waals surface area contributed by atoms with Gasteiger partial charge in [-0.25, -0.2) is 14.4 Å². The lowest BCUT2D eigenvalue weighted by atomic mass is 10.1. The number of aryl methyl sites for hydroxylation is 1. The van der Waals surface area contributed by atoms with Crippen molar-refractivity contribution >= 4 is 17.1 Å². The molecule has 2 aliphatic rings. The summed E-state index contributed by atoms with van der Waals surface area (Å²) in [6, 6.07) is 12.5. The topological polar surface area (TPSA) is 61.3 Å². The highest BCUT2D eigenvalue weighted by molar-refractivity contribution is 7.90. The third-order valence-corrected chi connectivity index (χ3v) is 7.58. The van der Waals surface area contributed by atoms with Crippen molar-refractivity contribution in [2.24, 2.45) is 17.8 Å². The van der Waals surface area contributed by atoms with E-state index in [2.05, 4.69) is 21.8 Å². The highest BCUT2D eigenvalue weighted by Gasteiger charge is 2.56. The zero-order valence-corrected chi connectivity index (χ0v) is 19.0. The van der Waals surface area contributed by atoms with E-state index in [-0.39, 0.29) is 4.90 Å². The van der Waals surface area contributed by atoms with Gasteiger partial charge in [-0.1, -0.05) is 19.1 Å². The second-order valence-corrected chi connectivity index (χ2v) is 9.92. The van der Waals surface area contributed by atoms with Crippen molar-refractivity contribution in [3.8, 4) is 16.9 Å². The summed E-state index contributed by atoms with van der Waals surface area (Å²) in [4.78, 5) is 11.5. The molecule has 0 radical (unpaired) electrons. The minimum atomic E-state index is -1.33. The molecular weight excluding hydrogens is 425 g/mol. The van der Waals surface area contributed by atoms with Crippen molar-refractivity contribution in [3.05, 3.63) is 66.2 Å². The summed E-state index contributed by atoms with van der Waals surface area (Å²) in [5.74, 6) is 3.09. The maximum atomic E-state index is 14.1. The average molecular weight is 452 g/mol. The Hall–Kier alpha value is -2.64. The second-order valence-electron chi connectivity index (χ2n) is 8.58. The van der Waals surface area contributed by atoms with E-state index >= 15 is 0 Å². The Labute approximate surface area is 190 Å². The van der Waals surface area contributed by atoms with Crippen LogP contribution in [0.4, 0.5) is 10.3 Å². The van der Waals surface area contributed by atoms with Gasteiger partial charge in [-0.3, -0.25) is 0 Å². The zero-order valence-electron chi connectivity index (χ0n) is 18.2. The van der Waals surface area contributed by atoms with Crippen LogP contribution in [-0.2, 0) is 17.6 Å². The van der Waals surface area contributed by atoms with Gasteiger partial charge in [0.25, 0.3) is 0 Å². The number of anilines is 1. The molecule has 0 N–H and O–H groups in total. The summed E-state index contributed by atoms with van der Waals surface area (Å²) in [5, 5.41) is 0. The summed E-state index contributed by atoms with van der Waals surface area (Å²) < 4.78 is 31.7. The van der Waals surface area contributed by atoms with Crippen LogP contribution in [-0.4, -0.2) is 40.5 Å². The van der Waals surface area contributed by atoms with Gasteiger partial charge >= 0.3 is 0 Å². The molecule has 1 aromatic heterocycles. The molecule has 3 aromatic rings. The largest absolute Gasteiger partial charge is 0.612 e. The van der Waals surface area contributed by atoms with Gasteiger partial charge in [0.1, 0.15) is 12.0 Å². The predicted octanol–water partition coefficient (Wildman–Crippen LogP) is 4.34. The van der Waals surface area contributed by atoms with Crippen molar-refractivity contribution in [3.63, 3.8) is 0 Å². The van der Waals surface area contributed by atoms with E-state index in [9.17, 15) is 8.94 Å². The first-order chi connectivity index (χ1) is 15.5. The molecule has 2 heterocycles. The van der Waals surface area contributed by atoms with E-state index in [1.165, 1.54) is 12.3 Å². The monoisotopic (exact) mass is 451 g/mol. The molecule has 4 atom stereocenters. The Bertz CT molecular complexity index is 1080. The van der Waals surface area contributed by atoms with Crippen molar-refractivity contribution < 1.29 is 13.7 Å². The minimum Gasteiger partial charge on any atom is -0.612 e. The number of fused-ring (bicyclic) bond motifs is 1. The molecule has 0 spiro atoms. The Morgan fingerprint density at radius 1 is 1.06 bits per heavy atom. The predicted molar refractivity (Wildman–Crippen MR) is 124 cm³/mol. The van der Waals surface area contributed by atoms with Gasteiger partial charge in [0, 0.05) is 31.4 Å². The van der Waals surface area contributed by atoms with Gasteiger partial charge in [0.15, 0.2) is 10.7 Å². The number of hydrogen-bond donors (Lipinski definition) is 0. The van der Waals surface area contributed by atoms with Crippen LogP contribution >= 0.6 is 0 Å². The summed E-state index contributed by atoms with van der Waals surface area (Å²) in [6.07, 6.45) is 6.28. The zero-order chi connectivity index (χ0) is 22.2. The maximum Gasteiger partial charge on any atom is 0.225 e. The van der Waals surface area contributed by atoms with Crippen LogP contribution in [0.1, 0.15) is 12.5 Å². The van der Waals surface area contributed by atoms with Crippen molar-refractivity contribution in [2.45, 2.75) is 18.2 Å². The van der Waals surface area contributed by atoms with Gasteiger partial charge in [0.2, 0.25) is 5.95 Å². The Kier molecular flexibility index (Phi) is 5.78. The quantitative estimate of drug-likeness (QED) is 0.500. The van der Waals surface area contributed by atoms with Gasteiger partial charge in [-0.15, -0.1) is 0 Å². The first-order valence-electron chi connectivity index (χ1n) is 11.0. The summed E-state index contributed by atoms with van der Waals surface area (Å²) in [7, 11) is 0. The molecule has 2 fully saturated rings. The standard InChI is InChI=1S/C25H26FN3O2S/c1-3-16-11-27-25(28-12-16)29-13-20-21(14-29)22(20)15-31-19-7-4-17(5-8-19)18-6-9-24(32(2)30)23(26)10-18/h4-12,20-22H,3,13-15H2,1-2H3/t20-,21?,22+,32?/m1/s1. The van der Waals surface area contributed by atoms with Crippen LogP contribution in [0.3, 0.4) is 0 Å². The molecule has 2 aromatic carbocycles. The molecule has 1 aliphatic carbocycles. The lowest BCUT2D eigenvalue weighted by Crippen LogP contribution is -2.27. The number of benzene rings is 2. The Balaban J connectivity index is 1.13. The van der Waals surface area contributed by atoms with Crippen LogP contribution in [0.25, 0.3) is 11.1 Å². The van der Waals surface area contributed by atoms with Gasteiger partial charge < -0.3 is 14.2 Å². The smallest absolute Gasteiger partial charge is 0.225 e. The summed E-state index contributed by atoms with van der Waals surface area (Å²) in [6.45, 7) is 4.81. The highest BCUT2D eigenvalue weighted by Crippen LogP contribution is 2.52. The molecule has 1 saturated heterocycles. The van der Waals surface area contributed by atoms with Crippen LogP contribution < -0.4 is 9.64 Å². The number of rotatable bonds is 7. The molecule has 2 unspecified atom stereocenters. The molecular formula is C25H26FN3O2S. The first-order valence-corrected chi connectivity index (χ1v) is 12.5. The van der Waals surface area contributed by atoms with Crippen LogP contribution in [0.15, 0.2) is 59.8 Å². The minimum absolute atomic E-state index is 0.229. The lowest BCUT2D eigenvalue weighted by Gasteiger charge is -2.19. The lowest BCUT2D eigenvalue weighted by molar-refractivity contribution is 0.283. The third kappa shape index (κ3) is 4.19. The summed E-state index contributed by atoms with van der Waals surface area (Å²) in [5.41, 5.74) is 2.82. The fourth-order valence-electron chi connectivity index (χ4n) is 4.60. The maximum absolute atomic E-state index is 14.1. The molecule has 32 heavy (non-hydrogen) atoms. The van der Waals surface area contributed by atoms with Gasteiger partial charge in [0.05, 0.1) is 6.61 Å². The van der Waals surface area contributed by atoms with E-state index in [0.717, 1.165) is 47.9 Å². The fraction of sp³-hybridized carbons (Fsp3) is 0.360. The van der Waals surface area contributed by atoms with E-state index < -0.39 is 17.0 Å². The fourth-order valence-corrected chi connectivity index (χ4v) is 5.20. The molecule has 7 heteroatoms. The molecule has 166 valence electrons. The van der Waals surface area contributed by atoms with Crippen LogP contribution in [0, 0.1) is 23.6 Å². The van der Waals surface area contributed by atoms with Gasteiger partial charge in [-0.05, 0) is 76.5 Å².